The van der Waals surface area contributed by atoms with E-state index in [0.29, 0.717) is 12.0 Å². The molecule has 0 radical (unpaired) electrons. The van der Waals surface area contributed by atoms with Gasteiger partial charge >= 0.3 is 5.63 Å². The Labute approximate surface area is 97.3 Å². The Morgan fingerprint density at radius 2 is 2.06 bits per heavy atom. The minimum absolute atomic E-state index is 0.143. The number of phenols is 1. The zero-order chi connectivity index (χ0) is 11.7. The third kappa shape index (κ3) is 1.78. The third-order valence-corrected chi connectivity index (χ3v) is 2.84. The largest absolute Gasteiger partial charge is 0.508 e. The standard InChI is InChI=1S/C12H11ClO3/c1-2-7-3-9-8(6-13)4-12(15)16-11(9)5-10(7)14/h3-5,14H,2,6H2,1H3. The van der Waals surface area contributed by atoms with Gasteiger partial charge in [-0.2, -0.15) is 0 Å². The summed E-state index contributed by atoms with van der Waals surface area (Å²) in [6.07, 6.45) is 0.711. The average molecular weight is 239 g/mol. The van der Waals surface area contributed by atoms with Crippen molar-refractivity contribution in [1.82, 2.24) is 0 Å². The first-order chi connectivity index (χ1) is 7.65. The van der Waals surface area contributed by atoms with Crippen LogP contribution in [0.1, 0.15) is 18.1 Å². The SMILES string of the molecule is CCc1cc2c(CCl)cc(=O)oc2cc1O. The minimum Gasteiger partial charge on any atom is -0.508 e. The Morgan fingerprint density at radius 1 is 1.31 bits per heavy atom. The highest BCUT2D eigenvalue weighted by atomic mass is 35.5. The number of alkyl halides is 1. The van der Waals surface area contributed by atoms with E-state index in [1.165, 1.54) is 12.1 Å². The molecular formula is C12H11ClO3. The van der Waals surface area contributed by atoms with Gasteiger partial charge in [0.25, 0.3) is 0 Å². The van der Waals surface area contributed by atoms with Crippen LogP contribution < -0.4 is 5.63 Å². The maximum absolute atomic E-state index is 11.2. The summed E-state index contributed by atoms with van der Waals surface area (Å²) in [7, 11) is 0. The number of fused-ring (bicyclic) bond motifs is 1. The van der Waals surface area contributed by atoms with Crippen molar-refractivity contribution >= 4 is 22.6 Å². The van der Waals surface area contributed by atoms with E-state index in [9.17, 15) is 9.90 Å². The highest BCUT2D eigenvalue weighted by molar-refractivity contribution is 6.17. The summed E-state index contributed by atoms with van der Waals surface area (Å²) in [6, 6.07) is 4.66. The summed E-state index contributed by atoms with van der Waals surface area (Å²) in [6.45, 7) is 1.94. The molecular weight excluding hydrogens is 228 g/mol. The molecule has 2 aromatic rings. The summed E-state index contributed by atoms with van der Waals surface area (Å²) >= 11 is 5.77. The van der Waals surface area contributed by atoms with E-state index >= 15 is 0 Å². The molecule has 1 aromatic heterocycles. The first-order valence-corrected chi connectivity index (χ1v) is 5.53. The van der Waals surface area contributed by atoms with E-state index in [2.05, 4.69) is 0 Å². The van der Waals surface area contributed by atoms with Crippen LogP contribution in [0.3, 0.4) is 0 Å². The monoisotopic (exact) mass is 238 g/mol. The van der Waals surface area contributed by atoms with E-state index in [1.54, 1.807) is 0 Å². The molecule has 2 rings (SSSR count). The first-order valence-electron chi connectivity index (χ1n) is 5.00. The number of aryl methyl sites for hydroxylation is 1. The zero-order valence-corrected chi connectivity index (χ0v) is 9.54. The zero-order valence-electron chi connectivity index (χ0n) is 8.79. The predicted molar refractivity (Wildman–Crippen MR) is 63.1 cm³/mol. The molecule has 0 aliphatic rings. The van der Waals surface area contributed by atoms with Crippen LogP contribution in [0, 0.1) is 0 Å². The van der Waals surface area contributed by atoms with E-state index in [-0.39, 0.29) is 11.6 Å². The number of benzene rings is 1. The minimum atomic E-state index is -0.452. The number of halogens is 1. The highest BCUT2D eigenvalue weighted by Crippen LogP contribution is 2.27. The van der Waals surface area contributed by atoms with Crippen molar-refractivity contribution < 1.29 is 9.52 Å². The maximum atomic E-state index is 11.2. The highest BCUT2D eigenvalue weighted by Gasteiger charge is 2.08. The number of hydrogen-bond donors (Lipinski definition) is 1. The van der Waals surface area contributed by atoms with Gasteiger partial charge in [-0.25, -0.2) is 4.79 Å². The second-order valence-electron chi connectivity index (χ2n) is 3.55. The Hall–Kier alpha value is -1.48. The van der Waals surface area contributed by atoms with Gasteiger partial charge in [-0.3, -0.25) is 0 Å². The lowest BCUT2D eigenvalue weighted by atomic mass is 10.1. The van der Waals surface area contributed by atoms with Crippen molar-refractivity contribution in [2.24, 2.45) is 0 Å². The van der Waals surface area contributed by atoms with Crippen LogP contribution in [0.25, 0.3) is 11.0 Å². The molecule has 0 spiro atoms. The maximum Gasteiger partial charge on any atom is 0.336 e. The first kappa shape index (κ1) is 11.0. The molecule has 84 valence electrons. The van der Waals surface area contributed by atoms with Crippen LogP contribution in [-0.2, 0) is 12.3 Å². The van der Waals surface area contributed by atoms with Crippen LogP contribution in [0.5, 0.6) is 5.75 Å². The van der Waals surface area contributed by atoms with E-state index in [1.807, 2.05) is 13.0 Å². The smallest absolute Gasteiger partial charge is 0.336 e. The average Bonchev–Trinajstić information content (AvgIpc) is 2.26. The fourth-order valence-electron chi connectivity index (χ4n) is 1.70. The number of phenolic OH excluding ortho intramolecular Hbond substituents is 1. The van der Waals surface area contributed by atoms with Crippen molar-refractivity contribution in [2.45, 2.75) is 19.2 Å². The molecule has 0 aliphatic carbocycles. The van der Waals surface area contributed by atoms with Crippen molar-refractivity contribution in [3.8, 4) is 5.75 Å². The molecule has 4 heteroatoms. The Kier molecular flexibility index (Phi) is 2.88. The predicted octanol–water partition coefficient (Wildman–Crippen LogP) is 2.80. The van der Waals surface area contributed by atoms with E-state index < -0.39 is 5.63 Å². The molecule has 0 bridgehead atoms. The third-order valence-electron chi connectivity index (χ3n) is 2.55. The van der Waals surface area contributed by atoms with Gasteiger partial charge in [-0.05, 0) is 23.6 Å². The van der Waals surface area contributed by atoms with Gasteiger partial charge in [0, 0.05) is 23.4 Å². The molecule has 0 fully saturated rings. The van der Waals surface area contributed by atoms with Gasteiger partial charge in [0.2, 0.25) is 0 Å². The van der Waals surface area contributed by atoms with Crippen LogP contribution in [0.4, 0.5) is 0 Å². The van der Waals surface area contributed by atoms with Crippen molar-refractivity contribution in [3.63, 3.8) is 0 Å². The van der Waals surface area contributed by atoms with Crippen LogP contribution in [0.2, 0.25) is 0 Å². The number of hydrogen-bond acceptors (Lipinski definition) is 3. The van der Waals surface area contributed by atoms with Crippen LogP contribution in [0.15, 0.2) is 27.4 Å². The topological polar surface area (TPSA) is 50.4 Å². The second-order valence-corrected chi connectivity index (χ2v) is 3.82. The molecule has 0 atom stereocenters. The van der Waals surface area contributed by atoms with Crippen LogP contribution in [-0.4, -0.2) is 5.11 Å². The molecule has 1 aromatic carbocycles. The Bertz CT molecular complexity index is 587. The number of aromatic hydroxyl groups is 1. The lowest BCUT2D eigenvalue weighted by Gasteiger charge is -2.06. The lowest BCUT2D eigenvalue weighted by Crippen LogP contribution is -1.99. The molecule has 3 nitrogen and oxygen atoms in total. The number of rotatable bonds is 2. The quantitative estimate of drug-likeness (QED) is 0.647. The second kappa shape index (κ2) is 4.18. The molecule has 16 heavy (non-hydrogen) atoms. The fraction of sp³-hybridized carbons (Fsp3) is 0.250. The summed E-state index contributed by atoms with van der Waals surface area (Å²) in [4.78, 5) is 11.2. The summed E-state index contributed by atoms with van der Waals surface area (Å²) in [5.41, 5.74) is 1.46. The molecule has 0 unspecified atom stereocenters. The summed E-state index contributed by atoms with van der Waals surface area (Å²) < 4.78 is 5.01. The van der Waals surface area contributed by atoms with Gasteiger partial charge in [0.05, 0.1) is 0 Å². The van der Waals surface area contributed by atoms with Crippen molar-refractivity contribution in [3.05, 3.63) is 39.7 Å². The normalized spacial score (nSPS) is 10.9. The molecule has 0 saturated heterocycles. The molecule has 0 amide bonds. The van der Waals surface area contributed by atoms with Gasteiger partial charge in [-0.15, -0.1) is 11.6 Å². The van der Waals surface area contributed by atoms with E-state index in [0.717, 1.165) is 16.5 Å². The molecule has 0 saturated carbocycles. The van der Waals surface area contributed by atoms with Gasteiger partial charge in [0.15, 0.2) is 0 Å². The Balaban J connectivity index is 2.85. The van der Waals surface area contributed by atoms with Crippen LogP contribution >= 0.6 is 11.6 Å². The summed E-state index contributed by atoms with van der Waals surface area (Å²) in [5, 5.41) is 10.4. The molecule has 1 heterocycles. The Morgan fingerprint density at radius 3 is 2.69 bits per heavy atom. The van der Waals surface area contributed by atoms with Gasteiger partial charge < -0.3 is 9.52 Å². The summed E-state index contributed by atoms with van der Waals surface area (Å²) in [5.74, 6) is 0.389. The van der Waals surface area contributed by atoms with Gasteiger partial charge in [0.1, 0.15) is 11.3 Å². The van der Waals surface area contributed by atoms with E-state index in [4.69, 9.17) is 16.0 Å². The van der Waals surface area contributed by atoms with Crippen molar-refractivity contribution in [2.75, 3.05) is 0 Å². The van der Waals surface area contributed by atoms with Crippen molar-refractivity contribution in [1.29, 1.82) is 0 Å². The molecule has 1 N–H and O–H groups in total. The molecule has 0 aliphatic heterocycles. The lowest BCUT2D eigenvalue weighted by molar-refractivity contribution is 0.466. The fourth-order valence-corrected chi connectivity index (χ4v) is 1.92. The van der Waals surface area contributed by atoms with Gasteiger partial charge in [-0.1, -0.05) is 6.92 Å².